The van der Waals surface area contributed by atoms with Crippen LogP contribution < -0.4 is 11.3 Å². The zero-order chi connectivity index (χ0) is 10.6. The van der Waals surface area contributed by atoms with Gasteiger partial charge in [-0.3, -0.25) is 4.79 Å². The number of nitrogens with two attached hydrogens (primary N) is 1. The lowest BCUT2D eigenvalue weighted by Crippen LogP contribution is -2.20. The third kappa shape index (κ3) is 3.27. The van der Waals surface area contributed by atoms with Crippen LogP contribution in [0.25, 0.3) is 0 Å². The summed E-state index contributed by atoms with van der Waals surface area (Å²) in [4.78, 5) is 20.1. The third-order valence-corrected chi connectivity index (χ3v) is 1.71. The molecule has 0 spiro atoms. The van der Waals surface area contributed by atoms with E-state index in [0.29, 0.717) is 25.3 Å². The molecule has 0 amide bonds. The number of hydrogen-bond acceptors (Lipinski definition) is 4. The molecule has 0 bridgehead atoms. The van der Waals surface area contributed by atoms with Crippen molar-refractivity contribution >= 4 is 0 Å². The Morgan fingerprint density at radius 3 is 2.86 bits per heavy atom. The number of rotatable bonds is 4. The SMILES string of the molecule is CN(C)Cc1nc(CCN)cc(=O)[nH]1. The van der Waals surface area contributed by atoms with Crippen LogP contribution in [-0.2, 0) is 13.0 Å². The minimum absolute atomic E-state index is 0.111. The molecule has 1 heterocycles. The first kappa shape index (κ1) is 10.9. The van der Waals surface area contributed by atoms with Crippen molar-refractivity contribution in [2.24, 2.45) is 5.73 Å². The van der Waals surface area contributed by atoms with Crippen LogP contribution in [0.3, 0.4) is 0 Å². The minimum atomic E-state index is -0.111. The number of hydrogen-bond donors (Lipinski definition) is 2. The van der Waals surface area contributed by atoms with Crippen LogP contribution in [0, 0.1) is 0 Å². The van der Waals surface area contributed by atoms with Crippen molar-refractivity contribution in [1.82, 2.24) is 14.9 Å². The summed E-state index contributed by atoms with van der Waals surface area (Å²) in [5, 5.41) is 0. The summed E-state index contributed by atoms with van der Waals surface area (Å²) in [6.07, 6.45) is 0.643. The van der Waals surface area contributed by atoms with Crippen molar-refractivity contribution in [2.45, 2.75) is 13.0 Å². The molecule has 0 aliphatic carbocycles. The molecular formula is C9H16N4O. The number of aromatic nitrogens is 2. The molecule has 14 heavy (non-hydrogen) atoms. The highest BCUT2D eigenvalue weighted by atomic mass is 16.1. The molecule has 3 N–H and O–H groups in total. The largest absolute Gasteiger partial charge is 0.330 e. The van der Waals surface area contributed by atoms with E-state index in [1.54, 1.807) is 0 Å². The molecule has 0 atom stereocenters. The number of H-pyrrole nitrogens is 1. The van der Waals surface area contributed by atoms with Crippen molar-refractivity contribution < 1.29 is 0 Å². The van der Waals surface area contributed by atoms with Gasteiger partial charge in [-0.2, -0.15) is 0 Å². The highest BCUT2D eigenvalue weighted by molar-refractivity contribution is 5.03. The Kier molecular flexibility index (Phi) is 3.79. The van der Waals surface area contributed by atoms with Gasteiger partial charge in [-0.25, -0.2) is 4.98 Å². The fraction of sp³-hybridized carbons (Fsp3) is 0.556. The van der Waals surface area contributed by atoms with Crippen LogP contribution in [0.5, 0.6) is 0 Å². The van der Waals surface area contributed by atoms with Crippen molar-refractivity contribution in [3.05, 3.63) is 27.9 Å². The molecule has 1 aromatic heterocycles. The molecule has 0 aliphatic heterocycles. The normalized spacial score (nSPS) is 10.9. The average Bonchev–Trinajstić information content (AvgIpc) is 2.01. The lowest BCUT2D eigenvalue weighted by Gasteiger charge is -2.09. The quantitative estimate of drug-likeness (QED) is 0.670. The monoisotopic (exact) mass is 196 g/mol. The molecule has 0 saturated carbocycles. The second kappa shape index (κ2) is 4.88. The first-order chi connectivity index (χ1) is 6.61. The number of aromatic amines is 1. The molecule has 0 aromatic carbocycles. The molecule has 0 radical (unpaired) electrons. The molecule has 1 rings (SSSR count). The van der Waals surface area contributed by atoms with Crippen LogP contribution in [0.4, 0.5) is 0 Å². The molecule has 5 nitrogen and oxygen atoms in total. The maximum Gasteiger partial charge on any atom is 0.251 e. The minimum Gasteiger partial charge on any atom is -0.330 e. The Morgan fingerprint density at radius 1 is 1.57 bits per heavy atom. The van der Waals surface area contributed by atoms with Gasteiger partial charge >= 0.3 is 0 Å². The van der Waals surface area contributed by atoms with E-state index in [0.717, 1.165) is 5.69 Å². The zero-order valence-corrected chi connectivity index (χ0v) is 8.58. The van der Waals surface area contributed by atoms with Gasteiger partial charge < -0.3 is 15.6 Å². The Hall–Kier alpha value is -1.20. The van der Waals surface area contributed by atoms with Crippen molar-refractivity contribution in [1.29, 1.82) is 0 Å². The summed E-state index contributed by atoms with van der Waals surface area (Å²) in [7, 11) is 3.85. The van der Waals surface area contributed by atoms with Gasteiger partial charge in [0.25, 0.3) is 5.56 Å². The van der Waals surface area contributed by atoms with Crippen molar-refractivity contribution in [3.63, 3.8) is 0 Å². The van der Waals surface area contributed by atoms with Gasteiger partial charge in [-0.05, 0) is 20.6 Å². The fourth-order valence-electron chi connectivity index (χ4n) is 1.21. The molecule has 1 aromatic rings. The Bertz CT molecular complexity index is 345. The maximum atomic E-state index is 11.2. The molecule has 0 unspecified atom stereocenters. The lowest BCUT2D eigenvalue weighted by atomic mass is 10.3. The first-order valence-electron chi connectivity index (χ1n) is 4.55. The Balaban J connectivity index is 2.89. The summed E-state index contributed by atoms with van der Waals surface area (Å²) >= 11 is 0. The van der Waals surface area contributed by atoms with Crippen LogP contribution in [0.1, 0.15) is 11.5 Å². The Morgan fingerprint density at radius 2 is 2.29 bits per heavy atom. The van der Waals surface area contributed by atoms with Gasteiger partial charge in [0.15, 0.2) is 0 Å². The average molecular weight is 196 g/mol. The smallest absolute Gasteiger partial charge is 0.251 e. The van der Waals surface area contributed by atoms with Gasteiger partial charge in [0.2, 0.25) is 0 Å². The summed E-state index contributed by atoms with van der Waals surface area (Å²) < 4.78 is 0. The van der Waals surface area contributed by atoms with Crippen LogP contribution in [0.15, 0.2) is 10.9 Å². The van der Waals surface area contributed by atoms with E-state index in [-0.39, 0.29) is 5.56 Å². The standard InChI is InChI=1S/C9H16N4O/c1-13(2)6-8-11-7(3-4-10)5-9(14)12-8/h5H,3-4,6,10H2,1-2H3,(H,11,12,14). The predicted octanol–water partition coefficient (Wildman–Crippen LogP) is -0.667. The zero-order valence-electron chi connectivity index (χ0n) is 8.58. The van der Waals surface area contributed by atoms with Gasteiger partial charge in [-0.15, -0.1) is 0 Å². The molecule has 78 valence electrons. The van der Waals surface area contributed by atoms with Crippen LogP contribution in [0.2, 0.25) is 0 Å². The van der Waals surface area contributed by atoms with Gasteiger partial charge in [0.1, 0.15) is 5.82 Å². The van der Waals surface area contributed by atoms with Crippen LogP contribution in [-0.4, -0.2) is 35.5 Å². The number of nitrogens with zero attached hydrogens (tertiary/aromatic N) is 2. The topological polar surface area (TPSA) is 75.0 Å². The summed E-state index contributed by atoms with van der Waals surface area (Å²) in [5.41, 5.74) is 6.05. The third-order valence-electron chi connectivity index (χ3n) is 1.71. The summed E-state index contributed by atoms with van der Waals surface area (Å²) in [6, 6.07) is 1.49. The highest BCUT2D eigenvalue weighted by Gasteiger charge is 2.01. The van der Waals surface area contributed by atoms with Gasteiger partial charge in [0.05, 0.1) is 6.54 Å². The maximum absolute atomic E-state index is 11.2. The van der Waals surface area contributed by atoms with Gasteiger partial charge in [0, 0.05) is 18.2 Å². The number of nitrogens with one attached hydrogen (secondary N) is 1. The van der Waals surface area contributed by atoms with Gasteiger partial charge in [-0.1, -0.05) is 0 Å². The highest BCUT2D eigenvalue weighted by Crippen LogP contribution is 1.95. The lowest BCUT2D eigenvalue weighted by molar-refractivity contribution is 0.389. The molecule has 5 heteroatoms. The van der Waals surface area contributed by atoms with Crippen molar-refractivity contribution in [2.75, 3.05) is 20.6 Å². The second-order valence-electron chi connectivity index (χ2n) is 3.46. The fourth-order valence-corrected chi connectivity index (χ4v) is 1.21. The Labute approximate surface area is 83.0 Å². The van der Waals surface area contributed by atoms with Crippen molar-refractivity contribution in [3.8, 4) is 0 Å². The summed E-state index contributed by atoms with van der Waals surface area (Å²) in [5.74, 6) is 0.686. The molecular weight excluding hydrogens is 180 g/mol. The van der Waals surface area contributed by atoms with E-state index in [4.69, 9.17) is 5.73 Å². The van der Waals surface area contributed by atoms with E-state index < -0.39 is 0 Å². The summed E-state index contributed by atoms with van der Waals surface area (Å²) in [6.45, 7) is 1.14. The molecule has 0 aliphatic rings. The molecule has 0 fully saturated rings. The van der Waals surface area contributed by atoms with E-state index in [1.807, 2.05) is 19.0 Å². The van der Waals surface area contributed by atoms with Crippen LogP contribution >= 0.6 is 0 Å². The predicted molar refractivity (Wildman–Crippen MR) is 55.0 cm³/mol. The van der Waals surface area contributed by atoms with E-state index in [9.17, 15) is 4.79 Å². The second-order valence-corrected chi connectivity index (χ2v) is 3.46. The van der Waals surface area contributed by atoms with E-state index >= 15 is 0 Å². The van der Waals surface area contributed by atoms with E-state index in [2.05, 4.69) is 9.97 Å². The van der Waals surface area contributed by atoms with E-state index in [1.165, 1.54) is 6.07 Å². The molecule has 0 saturated heterocycles. The first-order valence-corrected chi connectivity index (χ1v) is 4.55.